The fourth-order valence-electron chi connectivity index (χ4n) is 0.917. The number of nitrogens with one attached hydrogen (secondary N) is 1. The van der Waals surface area contributed by atoms with E-state index in [1.165, 1.54) is 0 Å². The summed E-state index contributed by atoms with van der Waals surface area (Å²) in [6.07, 6.45) is 1.85. The van der Waals surface area contributed by atoms with E-state index >= 15 is 0 Å². The molecule has 0 atom stereocenters. The fraction of sp³-hybridized carbons (Fsp3) is 0.100. The number of amides is 1. The largest absolute Gasteiger partial charge is 0.326 e. The van der Waals surface area contributed by atoms with Crippen molar-refractivity contribution in [3.8, 4) is 0 Å². The van der Waals surface area contributed by atoms with Crippen LogP contribution in [-0.4, -0.2) is 5.91 Å². The van der Waals surface area contributed by atoms with E-state index < -0.39 is 0 Å². The summed E-state index contributed by atoms with van der Waals surface area (Å²) >= 11 is 9.12. The molecule has 1 amide bonds. The summed E-state index contributed by atoms with van der Waals surface area (Å²) in [6, 6.07) is 5.25. The molecular formula is C10H9BrClNO. The van der Waals surface area contributed by atoms with Gasteiger partial charge in [-0.2, -0.15) is 0 Å². The highest BCUT2D eigenvalue weighted by atomic mass is 79.9. The number of hydrogen-bond acceptors (Lipinski definition) is 1. The summed E-state index contributed by atoms with van der Waals surface area (Å²) in [5.74, 6) is -0.0987. The molecule has 1 N–H and O–H groups in total. The van der Waals surface area contributed by atoms with Crippen LogP contribution in [0, 0.1) is 0 Å². The number of anilines is 1. The lowest BCUT2D eigenvalue weighted by Crippen LogP contribution is -2.09. The van der Waals surface area contributed by atoms with Gasteiger partial charge in [-0.05, 0) is 34.1 Å². The summed E-state index contributed by atoms with van der Waals surface area (Å²) in [5.41, 5.74) is 0.685. The van der Waals surface area contributed by atoms with E-state index in [1.807, 2.05) is 0 Å². The SMILES string of the molecule is C=CCC(=O)Nc1ccc(Br)c(Cl)c1. The molecule has 0 spiro atoms. The Morgan fingerprint density at radius 3 is 2.93 bits per heavy atom. The molecule has 0 saturated carbocycles. The van der Waals surface area contributed by atoms with Crippen molar-refractivity contribution in [3.63, 3.8) is 0 Å². The van der Waals surface area contributed by atoms with Crippen LogP contribution in [0.4, 0.5) is 5.69 Å². The smallest absolute Gasteiger partial charge is 0.228 e. The lowest BCUT2D eigenvalue weighted by Gasteiger charge is -2.04. The molecule has 1 rings (SSSR count). The van der Waals surface area contributed by atoms with Crippen LogP contribution in [0.5, 0.6) is 0 Å². The van der Waals surface area contributed by atoms with Crippen LogP contribution in [0.15, 0.2) is 35.3 Å². The van der Waals surface area contributed by atoms with Gasteiger partial charge in [0.2, 0.25) is 5.91 Å². The third-order valence-electron chi connectivity index (χ3n) is 1.53. The maximum absolute atomic E-state index is 11.2. The molecule has 0 radical (unpaired) electrons. The van der Waals surface area contributed by atoms with Gasteiger partial charge >= 0.3 is 0 Å². The summed E-state index contributed by atoms with van der Waals surface area (Å²) in [4.78, 5) is 11.2. The Kier molecular flexibility index (Phi) is 4.17. The van der Waals surface area contributed by atoms with Crippen molar-refractivity contribution < 1.29 is 4.79 Å². The van der Waals surface area contributed by atoms with E-state index in [4.69, 9.17) is 11.6 Å². The molecule has 0 aliphatic rings. The summed E-state index contributed by atoms with van der Waals surface area (Å²) in [7, 11) is 0. The Labute approximate surface area is 96.1 Å². The molecule has 0 aliphatic heterocycles. The van der Waals surface area contributed by atoms with Gasteiger partial charge in [0.05, 0.1) is 5.02 Å². The Hall–Kier alpha value is -0.800. The van der Waals surface area contributed by atoms with Crippen molar-refractivity contribution in [2.24, 2.45) is 0 Å². The van der Waals surface area contributed by atoms with Gasteiger partial charge < -0.3 is 5.32 Å². The van der Waals surface area contributed by atoms with Gasteiger partial charge in [-0.3, -0.25) is 4.79 Å². The van der Waals surface area contributed by atoms with Crippen molar-refractivity contribution in [1.29, 1.82) is 0 Å². The van der Waals surface area contributed by atoms with Gasteiger partial charge in [0, 0.05) is 16.6 Å². The number of benzene rings is 1. The van der Waals surface area contributed by atoms with Gasteiger partial charge in [0.1, 0.15) is 0 Å². The first-order valence-corrected chi connectivity index (χ1v) is 5.16. The maximum Gasteiger partial charge on any atom is 0.228 e. The lowest BCUT2D eigenvalue weighted by atomic mass is 10.3. The molecule has 2 nitrogen and oxygen atoms in total. The fourth-order valence-corrected chi connectivity index (χ4v) is 1.34. The Morgan fingerprint density at radius 1 is 1.64 bits per heavy atom. The van der Waals surface area contributed by atoms with E-state index in [0.717, 1.165) is 4.47 Å². The van der Waals surface area contributed by atoms with Crippen LogP contribution in [0.3, 0.4) is 0 Å². The molecule has 0 bridgehead atoms. The normalized spacial score (nSPS) is 9.57. The highest BCUT2D eigenvalue weighted by molar-refractivity contribution is 9.10. The highest BCUT2D eigenvalue weighted by Crippen LogP contribution is 2.25. The van der Waals surface area contributed by atoms with E-state index in [0.29, 0.717) is 17.1 Å². The van der Waals surface area contributed by atoms with Gasteiger partial charge in [-0.15, -0.1) is 6.58 Å². The number of hydrogen-bond donors (Lipinski definition) is 1. The van der Waals surface area contributed by atoms with Crippen LogP contribution in [0.1, 0.15) is 6.42 Å². The molecule has 4 heteroatoms. The lowest BCUT2D eigenvalue weighted by molar-refractivity contribution is -0.115. The van der Waals surface area contributed by atoms with E-state index in [1.54, 1.807) is 24.3 Å². The minimum atomic E-state index is -0.0987. The number of carbonyl (C=O) groups excluding carboxylic acids is 1. The highest BCUT2D eigenvalue weighted by Gasteiger charge is 2.02. The van der Waals surface area contributed by atoms with Crippen LogP contribution in [0.2, 0.25) is 5.02 Å². The first kappa shape index (κ1) is 11.3. The molecule has 1 aromatic carbocycles. The van der Waals surface area contributed by atoms with Crippen LogP contribution >= 0.6 is 27.5 Å². The van der Waals surface area contributed by atoms with E-state index in [2.05, 4.69) is 27.8 Å². The molecule has 0 unspecified atom stereocenters. The van der Waals surface area contributed by atoms with Crippen molar-refractivity contribution in [2.75, 3.05) is 5.32 Å². The molecule has 74 valence electrons. The predicted octanol–water partition coefficient (Wildman–Crippen LogP) is 3.62. The Bertz CT molecular complexity index is 365. The second-order valence-corrected chi connectivity index (χ2v) is 3.93. The Balaban J connectivity index is 2.72. The quantitative estimate of drug-likeness (QED) is 0.838. The van der Waals surface area contributed by atoms with Crippen LogP contribution < -0.4 is 5.32 Å². The summed E-state index contributed by atoms with van der Waals surface area (Å²) < 4.78 is 0.806. The number of carbonyl (C=O) groups is 1. The van der Waals surface area contributed by atoms with E-state index in [9.17, 15) is 4.79 Å². The zero-order chi connectivity index (χ0) is 10.6. The van der Waals surface area contributed by atoms with E-state index in [-0.39, 0.29) is 5.91 Å². The second kappa shape index (κ2) is 5.17. The summed E-state index contributed by atoms with van der Waals surface area (Å²) in [6.45, 7) is 3.48. The molecule has 1 aromatic rings. The molecule has 0 aliphatic carbocycles. The van der Waals surface area contributed by atoms with Crippen molar-refractivity contribution in [3.05, 3.63) is 40.3 Å². The first-order valence-electron chi connectivity index (χ1n) is 3.99. The average molecular weight is 275 g/mol. The first-order chi connectivity index (χ1) is 6.63. The minimum Gasteiger partial charge on any atom is -0.326 e. The van der Waals surface area contributed by atoms with Gasteiger partial charge in [-0.1, -0.05) is 17.7 Å². The van der Waals surface area contributed by atoms with Gasteiger partial charge in [0.15, 0.2) is 0 Å². The molecular weight excluding hydrogens is 265 g/mol. The zero-order valence-electron chi connectivity index (χ0n) is 7.39. The van der Waals surface area contributed by atoms with Gasteiger partial charge in [0.25, 0.3) is 0 Å². The average Bonchev–Trinajstić information content (AvgIpc) is 2.12. The predicted molar refractivity (Wildman–Crippen MR) is 62.6 cm³/mol. The molecule has 0 fully saturated rings. The molecule has 0 aromatic heterocycles. The van der Waals surface area contributed by atoms with Gasteiger partial charge in [-0.25, -0.2) is 0 Å². The molecule has 14 heavy (non-hydrogen) atoms. The van der Waals surface area contributed by atoms with Crippen LogP contribution in [0.25, 0.3) is 0 Å². The Morgan fingerprint density at radius 2 is 2.36 bits per heavy atom. The molecule has 0 heterocycles. The third-order valence-corrected chi connectivity index (χ3v) is 2.77. The maximum atomic E-state index is 11.2. The van der Waals surface area contributed by atoms with Crippen LogP contribution in [-0.2, 0) is 4.79 Å². The standard InChI is InChI=1S/C10H9BrClNO/c1-2-3-10(14)13-7-4-5-8(11)9(12)6-7/h2,4-6H,1,3H2,(H,13,14). The number of halogens is 2. The van der Waals surface area contributed by atoms with Crippen molar-refractivity contribution in [1.82, 2.24) is 0 Å². The minimum absolute atomic E-state index is 0.0987. The monoisotopic (exact) mass is 273 g/mol. The topological polar surface area (TPSA) is 29.1 Å². The summed E-state index contributed by atoms with van der Waals surface area (Å²) in [5, 5.41) is 3.27. The molecule has 0 saturated heterocycles. The number of rotatable bonds is 3. The van der Waals surface area contributed by atoms with Crippen molar-refractivity contribution >= 4 is 39.1 Å². The third kappa shape index (κ3) is 3.16. The zero-order valence-corrected chi connectivity index (χ0v) is 9.73. The van der Waals surface area contributed by atoms with Crippen molar-refractivity contribution in [2.45, 2.75) is 6.42 Å². The second-order valence-electron chi connectivity index (χ2n) is 2.67.